The van der Waals surface area contributed by atoms with Crippen LogP contribution in [0, 0.1) is 0 Å². The van der Waals surface area contributed by atoms with Gasteiger partial charge in [0.25, 0.3) is 0 Å². The second-order valence-electron chi connectivity index (χ2n) is 10.8. The zero-order chi connectivity index (χ0) is 27.9. The number of benzene rings is 7. The van der Waals surface area contributed by atoms with Crippen molar-refractivity contribution < 1.29 is 0 Å². The van der Waals surface area contributed by atoms with Crippen LogP contribution >= 0.6 is 0 Å². The number of aromatic nitrogens is 1. The number of hydrogen-bond donors (Lipinski definition) is 0. The monoisotopic (exact) mass is 536 g/mol. The van der Waals surface area contributed by atoms with Crippen LogP contribution in [-0.2, 0) is 6.54 Å². The molecule has 0 unspecified atom stereocenters. The van der Waals surface area contributed by atoms with E-state index >= 15 is 0 Å². The third-order valence-corrected chi connectivity index (χ3v) is 8.26. The van der Waals surface area contributed by atoms with E-state index in [1.54, 1.807) is 0 Å². The average Bonchev–Trinajstić information content (AvgIpc) is 3.40. The van der Waals surface area contributed by atoms with Gasteiger partial charge in [-0.25, -0.2) is 0 Å². The van der Waals surface area contributed by atoms with E-state index in [0.717, 1.165) is 11.3 Å². The summed E-state index contributed by atoms with van der Waals surface area (Å²) in [6.07, 6.45) is 2.03. The summed E-state index contributed by atoms with van der Waals surface area (Å²) in [5.74, 6) is 0. The molecular weight excluding hydrogens is 508 g/mol. The second kappa shape index (κ2) is 10.2. The molecule has 42 heavy (non-hydrogen) atoms. The Hall–Kier alpha value is -5.47. The molecule has 0 fully saturated rings. The van der Waals surface area contributed by atoms with Crippen molar-refractivity contribution in [3.05, 3.63) is 163 Å². The van der Waals surface area contributed by atoms with Crippen LogP contribution < -0.4 is 0 Å². The zero-order valence-electron chi connectivity index (χ0n) is 23.1. The largest absolute Gasteiger partial charge is 0.309 e. The van der Waals surface area contributed by atoms with Crippen LogP contribution in [0.4, 0.5) is 0 Å². The van der Waals surface area contributed by atoms with E-state index in [1.165, 1.54) is 60.0 Å². The molecule has 0 bridgehead atoms. The van der Waals surface area contributed by atoms with Gasteiger partial charge in [0.15, 0.2) is 0 Å². The van der Waals surface area contributed by atoms with Crippen molar-refractivity contribution in [2.45, 2.75) is 6.54 Å². The minimum absolute atomic E-state index is 0.661. The van der Waals surface area contributed by atoms with E-state index < -0.39 is 0 Å². The minimum atomic E-state index is 0.661. The molecule has 1 aromatic heterocycles. The van der Waals surface area contributed by atoms with Crippen molar-refractivity contribution >= 4 is 49.6 Å². The zero-order valence-corrected chi connectivity index (χ0v) is 23.1. The molecule has 2 heteroatoms. The van der Waals surface area contributed by atoms with E-state index in [9.17, 15) is 0 Å². The Balaban J connectivity index is 1.25. The molecule has 0 aliphatic rings. The highest BCUT2D eigenvalue weighted by Gasteiger charge is 2.15. The van der Waals surface area contributed by atoms with Gasteiger partial charge in [0.05, 0.1) is 17.6 Å². The molecule has 198 valence electrons. The Kier molecular flexibility index (Phi) is 5.89. The molecule has 7 aromatic carbocycles. The molecule has 0 aliphatic carbocycles. The molecule has 0 saturated carbocycles. The number of nitrogens with zero attached hydrogens (tertiary/aromatic N) is 2. The van der Waals surface area contributed by atoms with Crippen LogP contribution in [-0.4, -0.2) is 10.8 Å². The molecule has 2 nitrogen and oxygen atoms in total. The van der Waals surface area contributed by atoms with Crippen molar-refractivity contribution in [2.24, 2.45) is 4.99 Å². The second-order valence-corrected chi connectivity index (χ2v) is 10.8. The molecule has 0 aliphatic heterocycles. The predicted molar refractivity (Wildman–Crippen MR) is 179 cm³/mol. The van der Waals surface area contributed by atoms with Gasteiger partial charge < -0.3 is 4.57 Å². The summed E-state index contributed by atoms with van der Waals surface area (Å²) in [7, 11) is 0. The summed E-state index contributed by atoms with van der Waals surface area (Å²) in [4.78, 5) is 4.83. The summed E-state index contributed by atoms with van der Waals surface area (Å²) in [6, 6.07) is 54.4. The maximum Gasteiger partial charge on any atom is 0.0639 e. The van der Waals surface area contributed by atoms with Crippen LogP contribution in [0.15, 0.2) is 157 Å². The van der Waals surface area contributed by atoms with Gasteiger partial charge in [-0.2, -0.15) is 0 Å². The van der Waals surface area contributed by atoms with E-state index in [0.29, 0.717) is 6.54 Å². The Labute approximate surface area is 244 Å². The number of aliphatic imine (C=N–C) groups is 1. The highest BCUT2D eigenvalue weighted by atomic mass is 15.0. The van der Waals surface area contributed by atoms with E-state index in [4.69, 9.17) is 4.99 Å². The van der Waals surface area contributed by atoms with Crippen LogP contribution in [0.25, 0.3) is 60.2 Å². The van der Waals surface area contributed by atoms with E-state index in [1.807, 2.05) is 12.3 Å². The van der Waals surface area contributed by atoms with Gasteiger partial charge in [0, 0.05) is 28.2 Å². The van der Waals surface area contributed by atoms with Gasteiger partial charge in [-0.05, 0) is 74.6 Å². The molecule has 0 radical (unpaired) electrons. The lowest BCUT2D eigenvalue weighted by molar-refractivity contribution is 1.08. The fraction of sp³-hybridized carbons (Fsp3) is 0.0250. The lowest BCUT2D eigenvalue weighted by Crippen LogP contribution is -1.95. The average molecular weight is 537 g/mol. The third kappa shape index (κ3) is 4.17. The van der Waals surface area contributed by atoms with Crippen LogP contribution in [0.5, 0.6) is 0 Å². The first-order valence-corrected chi connectivity index (χ1v) is 14.4. The molecular formula is C40H28N2. The summed E-state index contributed by atoms with van der Waals surface area (Å²) in [6.45, 7) is 0.661. The fourth-order valence-corrected chi connectivity index (χ4v) is 6.26. The van der Waals surface area contributed by atoms with Gasteiger partial charge in [-0.15, -0.1) is 0 Å². The molecule has 8 aromatic rings. The number of fused-ring (bicyclic) bond motifs is 6. The quantitative estimate of drug-likeness (QED) is 0.195. The Morgan fingerprint density at radius 1 is 0.524 bits per heavy atom. The Morgan fingerprint density at radius 2 is 1.19 bits per heavy atom. The highest BCUT2D eigenvalue weighted by Crippen LogP contribution is 2.37. The Bertz CT molecular complexity index is 2250. The van der Waals surface area contributed by atoms with Gasteiger partial charge in [0.1, 0.15) is 0 Å². The molecule has 1 heterocycles. The lowest BCUT2D eigenvalue weighted by atomic mass is 9.96. The number of para-hydroxylation sites is 1. The predicted octanol–water partition coefficient (Wildman–Crippen LogP) is 10.4. The topological polar surface area (TPSA) is 17.3 Å². The summed E-state index contributed by atoms with van der Waals surface area (Å²) in [5, 5.41) is 7.58. The van der Waals surface area contributed by atoms with Crippen LogP contribution in [0.2, 0.25) is 0 Å². The normalized spacial score (nSPS) is 11.8. The molecule has 0 atom stereocenters. The molecule has 0 saturated heterocycles. The first-order chi connectivity index (χ1) is 20.8. The van der Waals surface area contributed by atoms with Gasteiger partial charge in [-0.3, -0.25) is 4.99 Å². The maximum absolute atomic E-state index is 4.83. The van der Waals surface area contributed by atoms with Crippen molar-refractivity contribution in [3.8, 4) is 16.8 Å². The van der Waals surface area contributed by atoms with Crippen molar-refractivity contribution in [1.29, 1.82) is 0 Å². The highest BCUT2D eigenvalue weighted by molar-refractivity contribution is 6.21. The van der Waals surface area contributed by atoms with Gasteiger partial charge in [0.2, 0.25) is 0 Å². The molecule has 0 amide bonds. The van der Waals surface area contributed by atoms with E-state index in [-0.39, 0.29) is 0 Å². The minimum Gasteiger partial charge on any atom is -0.309 e. The van der Waals surface area contributed by atoms with Crippen molar-refractivity contribution in [1.82, 2.24) is 4.57 Å². The maximum atomic E-state index is 4.83. The first-order valence-electron chi connectivity index (χ1n) is 14.4. The lowest BCUT2D eigenvalue weighted by Gasteiger charge is -2.12. The summed E-state index contributed by atoms with van der Waals surface area (Å²) in [5.41, 5.74) is 8.29. The standard InChI is InChI=1S/C40H28N2/c1-2-10-28(11-3-1)26-41-27-33-24-31-13-4-5-14-32(31)25-37(33)30-18-21-34(22-19-30)42-38-17-9-8-16-36(38)40-35-15-7-6-12-29(35)20-23-39(40)42/h1-25,27H,26H2/b41-27+. The summed E-state index contributed by atoms with van der Waals surface area (Å²) < 4.78 is 2.39. The Morgan fingerprint density at radius 3 is 2.00 bits per heavy atom. The molecule has 8 rings (SSSR count). The fourth-order valence-electron chi connectivity index (χ4n) is 6.26. The number of hydrogen-bond acceptors (Lipinski definition) is 1. The van der Waals surface area contributed by atoms with Crippen molar-refractivity contribution in [3.63, 3.8) is 0 Å². The first kappa shape index (κ1) is 24.3. The van der Waals surface area contributed by atoms with Gasteiger partial charge >= 0.3 is 0 Å². The smallest absolute Gasteiger partial charge is 0.0639 e. The summed E-state index contributed by atoms with van der Waals surface area (Å²) >= 11 is 0. The SMILES string of the molecule is C(=N\Cc1ccccc1)/c1cc2ccccc2cc1-c1ccc(-n2c3ccccc3c3c4ccccc4ccc32)cc1. The van der Waals surface area contributed by atoms with Crippen molar-refractivity contribution in [2.75, 3.05) is 0 Å². The van der Waals surface area contributed by atoms with E-state index in [2.05, 4.69) is 150 Å². The van der Waals surface area contributed by atoms with Crippen LogP contribution in [0.3, 0.4) is 0 Å². The third-order valence-electron chi connectivity index (χ3n) is 8.26. The molecule has 0 N–H and O–H groups in total. The number of rotatable bonds is 5. The van der Waals surface area contributed by atoms with Crippen LogP contribution in [0.1, 0.15) is 11.1 Å². The van der Waals surface area contributed by atoms with Gasteiger partial charge in [-0.1, -0.05) is 115 Å². The molecule has 0 spiro atoms.